The van der Waals surface area contributed by atoms with Crippen molar-refractivity contribution in [2.24, 2.45) is 0 Å². The fraction of sp³-hybridized carbons (Fsp3) is 0.692. The van der Waals surface area contributed by atoms with E-state index in [9.17, 15) is 9.59 Å². The van der Waals surface area contributed by atoms with Crippen molar-refractivity contribution < 1.29 is 4.79 Å². The number of rotatable bonds is 3. The first-order chi connectivity index (χ1) is 8.99. The number of aromatic nitrogens is 1. The van der Waals surface area contributed by atoms with Crippen LogP contribution in [0.3, 0.4) is 0 Å². The molecule has 0 radical (unpaired) electrons. The molecule has 0 aromatic carbocycles. The lowest BCUT2D eigenvalue weighted by atomic mass is 10.2. The summed E-state index contributed by atoms with van der Waals surface area (Å²) in [4.78, 5) is 26.8. The lowest BCUT2D eigenvalue weighted by Gasteiger charge is -2.32. The molecule has 106 valence electrons. The summed E-state index contributed by atoms with van der Waals surface area (Å²) in [5.41, 5.74) is 0.983. The maximum atomic E-state index is 12.1. The van der Waals surface area contributed by atoms with Gasteiger partial charge < -0.3 is 14.8 Å². The van der Waals surface area contributed by atoms with Gasteiger partial charge in [0.15, 0.2) is 0 Å². The molecule has 0 aliphatic carbocycles. The maximum Gasteiger partial charge on any atom is 0.307 e. The minimum atomic E-state index is 0.0384. The van der Waals surface area contributed by atoms with Crippen LogP contribution in [0, 0.1) is 13.8 Å². The molecule has 0 saturated carbocycles. The topological polar surface area (TPSA) is 54.3 Å². The molecule has 2 rings (SSSR count). The minimum absolute atomic E-state index is 0.0384. The Balaban J connectivity index is 1.95. The maximum absolute atomic E-state index is 12.1. The molecule has 6 heteroatoms. The number of carbonyl (C=O) groups is 1. The Bertz CT molecular complexity index is 520. The summed E-state index contributed by atoms with van der Waals surface area (Å²) in [5.74, 6) is 0.142. The summed E-state index contributed by atoms with van der Waals surface area (Å²) in [6, 6.07) is 0.352. The summed E-state index contributed by atoms with van der Waals surface area (Å²) in [6.45, 7) is 8.82. The smallest absolute Gasteiger partial charge is 0.307 e. The van der Waals surface area contributed by atoms with E-state index in [0.29, 0.717) is 19.0 Å². The molecule has 1 aromatic rings. The number of hydrogen-bond acceptors (Lipinski definition) is 4. The second-order valence-electron chi connectivity index (χ2n) is 5.11. The average Bonchev–Trinajstić information content (AvgIpc) is 2.61. The van der Waals surface area contributed by atoms with Crippen LogP contribution in [0.15, 0.2) is 4.79 Å². The number of thiazole rings is 1. The van der Waals surface area contributed by atoms with E-state index in [4.69, 9.17) is 0 Å². The first-order valence-corrected chi connectivity index (χ1v) is 7.48. The molecule has 1 amide bonds. The van der Waals surface area contributed by atoms with E-state index >= 15 is 0 Å². The van der Waals surface area contributed by atoms with Gasteiger partial charge in [-0.05, 0) is 20.8 Å². The summed E-state index contributed by atoms with van der Waals surface area (Å²) in [7, 11) is 0. The van der Waals surface area contributed by atoms with Gasteiger partial charge in [-0.2, -0.15) is 0 Å². The molecule has 5 nitrogen and oxygen atoms in total. The fourth-order valence-corrected chi connectivity index (χ4v) is 3.23. The molecule has 1 N–H and O–H groups in total. The molecule has 2 heterocycles. The van der Waals surface area contributed by atoms with Crippen LogP contribution in [0.5, 0.6) is 0 Å². The number of carbonyl (C=O) groups excluding carboxylic acids is 1. The zero-order valence-corrected chi connectivity index (χ0v) is 12.5. The van der Waals surface area contributed by atoms with Crippen LogP contribution in [0.25, 0.3) is 0 Å². The van der Waals surface area contributed by atoms with Crippen molar-refractivity contribution in [3.63, 3.8) is 0 Å². The molecule has 19 heavy (non-hydrogen) atoms. The van der Waals surface area contributed by atoms with Crippen molar-refractivity contribution in [1.82, 2.24) is 14.8 Å². The molecule has 1 unspecified atom stereocenters. The van der Waals surface area contributed by atoms with Gasteiger partial charge in [0.05, 0.1) is 0 Å². The Morgan fingerprint density at radius 2 is 2.21 bits per heavy atom. The van der Waals surface area contributed by atoms with Crippen LogP contribution in [-0.4, -0.2) is 41.1 Å². The molecular formula is C13H21N3O2S. The Hall–Kier alpha value is -1.14. The highest BCUT2D eigenvalue weighted by Gasteiger charge is 2.20. The van der Waals surface area contributed by atoms with Crippen LogP contribution in [-0.2, 0) is 11.3 Å². The van der Waals surface area contributed by atoms with Crippen LogP contribution in [0.2, 0.25) is 0 Å². The van der Waals surface area contributed by atoms with Crippen molar-refractivity contribution in [3.05, 3.63) is 20.2 Å². The third-order valence-corrected chi connectivity index (χ3v) is 4.64. The lowest BCUT2D eigenvalue weighted by Crippen LogP contribution is -2.51. The number of nitrogens with zero attached hydrogens (tertiary/aromatic N) is 2. The van der Waals surface area contributed by atoms with Gasteiger partial charge in [0, 0.05) is 49.2 Å². The standard InChI is InChI=1S/C13H21N3O2S/c1-9-8-15(7-5-14-9)12(17)4-6-16-10(2)11(3)19-13(16)18/h9,14H,4-8H2,1-3H3. The van der Waals surface area contributed by atoms with Gasteiger partial charge in [-0.25, -0.2) is 0 Å². The van der Waals surface area contributed by atoms with E-state index < -0.39 is 0 Å². The van der Waals surface area contributed by atoms with Gasteiger partial charge in [0.1, 0.15) is 0 Å². The highest BCUT2D eigenvalue weighted by molar-refractivity contribution is 7.09. The van der Waals surface area contributed by atoms with Crippen molar-refractivity contribution in [2.75, 3.05) is 19.6 Å². The molecule has 1 atom stereocenters. The predicted octanol–water partition coefficient (Wildman–Crippen LogP) is 0.737. The zero-order valence-electron chi connectivity index (χ0n) is 11.7. The Morgan fingerprint density at radius 1 is 1.47 bits per heavy atom. The van der Waals surface area contributed by atoms with Gasteiger partial charge in [0.25, 0.3) is 0 Å². The second kappa shape index (κ2) is 5.88. The third kappa shape index (κ3) is 3.25. The first kappa shape index (κ1) is 14.3. The molecule has 0 bridgehead atoms. The van der Waals surface area contributed by atoms with E-state index in [-0.39, 0.29) is 10.8 Å². The molecule has 1 fully saturated rings. The van der Waals surface area contributed by atoms with Gasteiger partial charge in [-0.1, -0.05) is 11.3 Å². The third-order valence-electron chi connectivity index (χ3n) is 3.65. The van der Waals surface area contributed by atoms with E-state index in [0.717, 1.165) is 30.2 Å². The molecule has 1 aliphatic rings. The predicted molar refractivity (Wildman–Crippen MR) is 76.7 cm³/mol. The summed E-state index contributed by atoms with van der Waals surface area (Å²) < 4.78 is 1.71. The van der Waals surface area contributed by atoms with E-state index in [2.05, 4.69) is 12.2 Å². The summed E-state index contributed by atoms with van der Waals surface area (Å²) >= 11 is 1.26. The number of amides is 1. The first-order valence-electron chi connectivity index (χ1n) is 6.67. The summed E-state index contributed by atoms with van der Waals surface area (Å²) in [6.07, 6.45) is 0.406. The van der Waals surface area contributed by atoms with Crippen LogP contribution >= 0.6 is 11.3 Å². The average molecular weight is 283 g/mol. The van der Waals surface area contributed by atoms with E-state index in [1.807, 2.05) is 18.7 Å². The van der Waals surface area contributed by atoms with E-state index in [1.54, 1.807) is 4.57 Å². The van der Waals surface area contributed by atoms with Gasteiger partial charge in [-0.15, -0.1) is 0 Å². The van der Waals surface area contributed by atoms with Crippen LogP contribution in [0.4, 0.5) is 0 Å². The highest BCUT2D eigenvalue weighted by Crippen LogP contribution is 2.10. The number of aryl methyl sites for hydroxylation is 1. The fourth-order valence-electron chi connectivity index (χ4n) is 2.37. The molecule has 1 saturated heterocycles. The Morgan fingerprint density at radius 3 is 2.79 bits per heavy atom. The molecule has 1 aromatic heterocycles. The Kier molecular flexibility index (Phi) is 4.42. The quantitative estimate of drug-likeness (QED) is 0.890. The van der Waals surface area contributed by atoms with Crippen molar-refractivity contribution >= 4 is 17.2 Å². The normalized spacial score (nSPS) is 19.7. The van der Waals surface area contributed by atoms with Crippen molar-refractivity contribution in [1.29, 1.82) is 0 Å². The zero-order chi connectivity index (χ0) is 14.0. The number of hydrogen-bond donors (Lipinski definition) is 1. The SMILES string of the molecule is Cc1sc(=O)n(CCC(=O)N2CCNC(C)C2)c1C. The Labute approximate surface area is 117 Å². The van der Waals surface area contributed by atoms with Crippen molar-refractivity contribution in [3.8, 4) is 0 Å². The molecule has 1 aliphatic heterocycles. The van der Waals surface area contributed by atoms with Crippen LogP contribution < -0.4 is 10.2 Å². The van der Waals surface area contributed by atoms with Gasteiger partial charge >= 0.3 is 4.87 Å². The highest BCUT2D eigenvalue weighted by atomic mass is 32.1. The summed E-state index contributed by atoms with van der Waals surface area (Å²) in [5, 5.41) is 3.31. The van der Waals surface area contributed by atoms with E-state index in [1.165, 1.54) is 11.3 Å². The second-order valence-corrected chi connectivity index (χ2v) is 6.27. The monoisotopic (exact) mass is 283 g/mol. The molecule has 0 spiro atoms. The molecular weight excluding hydrogens is 262 g/mol. The van der Waals surface area contributed by atoms with Gasteiger partial charge in [-0.3, -0.25) is 9.59 Å². The lowest BCUT2D eigenvalue weighted by molar-refractivity contribution is -0.132. The number of piperazine rings is 1. The van der Waals surface area contributed by atoms with Gasteiger partial charge in [0.2, 0.25) is 5.91 Å². The van der Waals surface area contributed by atoms with Crippen LogP contribution in [0.1, 0.15) is 23.9 Å². The number of nitrogens with one attached hydrogen (secondary N) is 1. The minimum Gasteiger partial charge on any atom is -0.340 e. The largest absolute Gasteiger partial charge is 0.340 e. The van der Waals surface area contributed by atoms with Crippen molar-refractivity contribution in [2.45, 2.75) is 39.8 Å².